The first-order chi connectivity index (χ1) is 11.7. The quantitative estimate of drug-likeness (QED) is 0.740. The van der Waals surface area contributed by atoms with Crippen molar-refractivity contribution in [1.82, 2.24) is 10.6 Å². The average molecular weight is 367 g/mol. The zero-order chi connectivity index (χ0) is 18.9. The number of rotatable bonds is 8. The Labute approximate surface area is 155 Å². The highest BCUT2D eigenvalue weighted by atomic mass is 32.2. The minimum absolute atomic E-state index is 0.0794. The highest BCUT2D eigenvalue weighted by Crippen LogP contribution is 2.21. The fourth-order valence-corrected chi connectivity index (χ4v) is 2.45. The predicted molar refractivity (Wildman–Crippen MR) is 104 cm³/mol. The van der Waals surface area contributed by atoms with Crippen molar-refractivity contribution in [2.45, 2.75) is 46.0 Å². The summed E-state index contributed by atoms with van der Waals surface area (Å²) in [5.74, 6) is -0.218. The molecule has 6 heteroatoms. The third kappa shape index (κ3) is 10.0. The summed E-state index contributed by atoms with van der Waals surface area (Å²) in [6.07, 6.45) is 2.36. The Morgan fingerprint density at radius 3 is 2.52 bits per heavy atom. The predicted octanol–water partition coefficient (Wildman–Crippen LogP) is 3.37. The van der Waals surface area contributed by atoms with E-state index in [1.54, 1.807) is 11.8 Å². The fourth-order valence-electron chi connectivity index (χ4n) is 2.20. The molecule has 0 aliphatic rings. The minimum atomic E-state index is -0.589. The van der Waals surface area contributed by atoms with E-state index in [9.17, 15) is 9.59 Å². The van der Waals surface area contributed by atoms with Gasteiger partial charge in [0.1, 0.15) is 6.61 Å². The van der Waals surface area contributed by atoms with Crippen LogP contribution in [0.25, 0.3) is 0 Å². The maximum atomic E-state index is 11.7. The summed E-state index contributed by atoms with van der Waals surface area (Å²) in [4.78, 5) is 23.3. The van der Waals surface area contributed by atoms with Gasteiger partial charge >= 0.3 is 6.09 Å². The topological polar surface area (TPSA) is 67.4 Å². The molecule has 0 aliphatic heterocycles. The molecule has 5 nitrogen and oxygen atoms in total. The summed E-state index contributed by atoms with van der Waals surface area (Å²) in [6.45, 7) is 9.29. The monoisotopic (exact) mass is 366 g/mol. The third-order valence-electron chi connectivity index (χ3n) is 3.48. The Balaban J connectivity index is 2.34. The van der Waals surface area contributed by atoms with E-state index < -0.39 is 6.09 Å². The lowest BCUT2D eigenvalue weighted by Gasteiger charge is -2.18. The van der Waals surface area contributed by atoms with Gasteiger partial charge in [-0.2, -0.15) is 11.8 Å². The van der Waals surface area contributed by atoms with Gasteiger partial charge in [0.15, 0.2) is 0 Å². The van der Waals surface area contributed by atoms with Crippen molar-refractivity contribution >= 4 is 23.8 Å². The van der Waals surface area contributed by atoms with Gasteiger partial charge in [-0.05, 0) is 29.2 Å². The number of hydrogen-bond donors (Lipinski definition) is 2. The second-order valence-corrected chi connectivity index (χ2v) is 8.61. The molecule has 1 atom stereocenters. The lowest BCUT2D eigenvalue weighted by molar-refractivity contribution is -0.120. The summed E-state index contributed by atoms with van der Waals surface area (Å²) in [5, 5.41) is 5.57. The lowest BCUT2D eigenvalue weighted by atomic mass is 9.88. The summed E-state index contributed by atoms with van der Waals surface area (Å²) in [7, 11) is 0. The number of nitrogens with one attached hydrogen (secondary N) is 2. The number of thioether (sulfide) groups is 1. The molecule has 0 saturated carbocycles. The first-order valence-corrected chi connectivity index (χ1v) is 9.76. The molecule has 0 radical (unpaired) electrons. The van der Waals surface area contributed by atoms with Crippen molar-refractivity contribution in [3.8, 4) is 0 Å². The summed E-state index contributed by atoms with van der Waals surface area (Å²) in [6, 6.07) is 8.03. The Hall–Kier alpha value is -1.69. The number of carbonyl (C=O) groups excluding carboxylic acids is 2. The number of carbonyl (C=O) groups is 2. The van der Waals surface area contributed by atoms with Gasteiger partial charge in [-0.25, -0.2) is 4.79 Å². The van der Waals surface area contributed by atoms with E-state index in [1.807, 2.05) is 25.3 Å². The van der Waals surface area contributed by atoms with Crippen molar-refractivity contribution in [3.63, 3.8) is 0 Å². The van der Waals surface area contributed by atoms with E-state index >= 15 is 0 Å². The Kier molecular flexibility index (Phi) is 8.83. The van der Waals surface area contributed by atoms with E-state index in [1.165, 1.54) is 5.56 Å². The van der Waals surface area contributed by atoms with Crippen LogP contribution in [0.5, 0.6) is 0 Å². The first-order valence-electron chi connectivity index (χ1n) is 8.47. The summed E-state index contributed by atoms with van der Waals surface area (Å²) < 4.78 is 5.18. The van der Waals surface area contributed by atoms with Crippen LogP contribution < -0.4 is 10.6 Å². The highest BCUT2D eigenvalue weighted by Gasteiger charge is 2.12. The Morgan fingerprint density at radius 2 is 1.88 bits per heavy atom. The van der Waals surface area contributed by atoms with Gasteiger partial charge in [0.05, 0.1) is 6.54 Å². The van der Waals surface area contributed by atoms with Crippen LogP contribution in [0.15, 0.2) is 24.3 Å². The maximum absolute atomic E-state index is 11.7. The molecule has 2 amide bonds. The van der Waals surface area contributed by atoms with Crippen molar-refractivity contribution in [1.29, 1.82) is 0 Å². The molecule has 0 bridgehead atoms. The standard InChI is InChI=1S/C19H30N2O3S/c1-14(25-5)11-20-17(22)12-21-18(23)24-13-16-8-6-7-15(9-16)10-19(2,3)4/h6-9,14H,10-13H2,1-5H3,(H,20,22)(H,21,23). The highest BCUT2D eigenvalue weighted by molar-refractivity contribution is 7.99. The molecule has 0 aliphatic carbocycles. The van der Waals surface area contributed by atoms with Crippen LogP contribution in [-0.4, -0.2) is 36.6 Å². The second-order valence-electron chi connectivity index (χ2n) is 7.34. The Morgan fingerprint density at radius 1 is 1.20 bits per heavy atom. The van der Waals surface area contributed by atoms with E-state index in [-0.39, 0.29) is 24.5 Å². The summed E-state index contributed by atoms with van der Waals surface area (Å²) >= 11 is 1.67. The van der Waals surface area contributed by atoms with E-state index in [4.69, 9.17) is 4.74 Å². The minimum Gasteiger partial charge on any atom is -0.445 e. The van der Waals surface area contributed by atoms with Crippen molar-refractivity contribution in [2.24, 2.45) is 5.41 Å². The van der Waals surface area contributed by atoms with Gasteiger partial charge in [0.25, 0.3) is 0 Å². The molecule has 0 heterocycles. The molecular formula is C19H30N2O3S. The average Bonchev–Trinajstić information content (AvgIpc) is 2.54. The Bertz CT molecular complexity index is 570. The molecule has 140 valence electrons. The SMILES string of the molecule is CSC(C)CNC(=O)CNC(=O)OCc1cccc(CC(C)(C)C)c1. The van der Waals surface area contributed by atoms with E-state index in [0.717, 1.165) is 12.0 Å². The van der Waals surface area contributed by atoms with Crippen LogP contribution in [0, 0.1) is 5.41 Å². The van der Waals surface area contributed by atoms with Crippen LogP contribution in [0.4, 0.5) is 4.79 Å². The van der Waals surface area contributed by atoms with Crippen molar-refractivity contribution in [2.75, 3.05) is 19.3 Å². The number of hydrogen-bond acceptors (Lipinski definition) is 4. The van der Waals surface area contributed by atoms with Crippen LogP contribution >= 0.6 is 11.8 Å². The molecule has 1 aromatic carbocycles. The third-order valence-corrected chi connectivity index (χ3v) is 4.45. The van der Waals surface area contributed by atoms with Crippen LogP contribution in [-0.2, 0) is 22.6 Å². The number of benzene rings is 1. The maximum Gasteiger partial charge on any atom is 0.407 e. The normalized spacial score (nSPS) is 12.4. The molecule has 0 saturated heterocycles. The van der Waals surface area contributed by atoms with Gasteiger partial charge in [0, 0.05) is 11.8 Å². The summed E-state index contributed by atoms with van der Waals surface area (Å²) in [5.41, 5.74) is 2.37. The van der Waals surface area contributed by atoms with E-state index in [0.29, 0.717) is 11.8 Å². The molecule has 25 heavy (non-hydrogen) atoms. The molecular weight excluding hydrogens is 336 g/mol. The molecule has 0 fully saturated rings. The van der Waals surface area contributed by atoms with Crippen LogP contribution in [0.3, 0.4) is 0 Å². The molecule has 2 N–H and O–H groups in total. The lowest BCUT2D eigenvalue weighted by Crippen LogP contribution is -2.39. The zero-order valence-electron chi connectivity index (χ0n) is 15.8. The van der Waals surface area contributed by atoms with Gasteiger partial charge in [-0.1, -0.05) is 52.0 Å². The van der Waals surface area contributed by atoms with E-state index in [2.05, 4.69) is 43.5 Å². The number of ether oxygens (including phenoxy) is 1. The van der Waals surface area contributed by atoms with Crippen LogP contribution in [0.2, 0.25) is 0 Å². The zero-order valence-corrected chi connectivity index (χ0v) is 16.7. The van der Waals surface area contributed by atoms with Crippen molar-refractivity contribution in [3.05, 3.63) is 35.4 Å². The first kappa shape index (κ1) is 21.4. The molecule has 1 unspecified atom stereocenters. The molecule has 1 aromatic rings. The second kappa shape index (κ2) is 10.3. The van der Waals surface area contributed by atoms with Gasteiger partial charge in [0.2, 0.25) is 5.91 Å². The largest absolute Gasteiger partial charge is 0.445 e. The van der Waals surface area contributed by atoms with Gasteiger partial charge in [-0.15, -0.1) is 0 Å². The number of amides is 2. The molecule has 1 rings (SSSR count). The van der Waals surface area contributed by atoms with Gasteiger partial charge < -0.3 is 15.4 Å². The van der Waals surface area contributed by atoms with Gasteiger partial charge in [-0.3, -0.25) is 4.79 Å². The smallest absolute Gasteiger partial charge is 0.407 e. The fraction of sp³-hybridized carbons (Fsp3) is 0.579. The molecule has 0 aromatic heterocycles. The number of alkyl carbamates (subject to hydrolysis) is 1. The van der Waals surface area contributed by atoms with Crippen molar-refractivity contribution < 1.29 is 14.3 Å². The molecule has 0 spiro atoms. The van der Waals surface area contributed by atoms with Crippen LogP contribution in [0.1, 0.15) is 38.8 Å².